The Bertz CT molecular complexity index is 800. The van der Waals surface area contributed by atoms with Crippen molar-refractivity contribution in [1.82, 2.24) is 15.0 Å². The summed E-state index contributed by atoms with van der Waals surface area (Å²) in [6.45, 7) is 0. The summed E-state index contributed by atoms with van der Waals surface area (Å²) in [5, 5.41) is 10.4. The number of nitrogens with zero attached hydrogens (tertiary/aromatic N) is 3. The van der Waals surface area contributed by atoms with Gasteiger partial charge in [-0.2, -0.15) is 4.68 Å². The van der Waals surface area contributed by atoms with E-state index in [1.807, 2.05) is 36.4 Å². The van der Waals surface area contributed by atoms with Crippen molar-refractivity contribution < 1.29 is 9.22 Å². The van der Waals surface area contributed by atoms with Gasteiger partial charge in [0.25, 0.3) is 0 Å². The Morgan fingerprint density at radius 1 is 1.23 bits per heavy atom. The quantitative estimate of drug-likeness (QED) is 0.518. The second-order valence-corrected chi connectivity index (χ2v) is 6.30. The number of aromatic nitrogens is 3. The average Bonchev–Trinajstić information content (AvgIpc) is 2.99. The van der Waals surface area contributed by atoms with Crippen LogP contribution < -0.4 is 0 Å². The summed E-state index contributed by atoms with van der Waals surface area (Å²) in [6, 6.07) is 12.9. The van der Waals surface area contributed by atoms with E-state index in [9.17, 15) is 4.79 Å². The van der Waals surface area contributed by atoms with Gasteiger partial charge in [0.15, 0.2) is 0 Å². The van der Waals surface area contributed by atoms with E-state index in [-0.39, 0.29) is 5.91 Å². The average molecular weight is 311 g/mol. The van der Waals surface area contributed by atoms with Crippen LogP contribution in [0.1, 0.15) is 24.1 Å². The summed E-state index contributed by atoms with van der Waals surface area (Å²) in [7, 11) is 2.22. The van der Waals surface area contributed by atoms with E-state index in [1.165, 1.54) is 4.68 Å². The molecule has 2 radical (unpaired) electrons. The van der Waals surface area contributed by atoms with E-state index in [2.05, 4.69) is 10.3 Å². The third-order valence-electron chi connectivity index (χ3n) is 3.64. The molecule has 5 nitrogen and oxygen atoms in total. The van der Waals surface area contributed by atoms with Crippen molar-refractivity contribution in [3.63, 3.8) is 0 Å². The Morgan fingerprint density at radius 3 is 2.95 bits per heavy atom. The van der Waals surface area contributed by atoms with Crippen LogP contribution in [0.3, 0.4) is 0 Å². The molecule has 0 aliphatic heterocycles. The molecule has 0 atom stereocenters. The molecule has 0 spiro atoms. The molecule has 0 bridgehead atoms. The van der Waals surface area contributed by atoms with Crippen LogP contribution in [0, 0.1) is 0 Å². The fourth-order valence-electron chi connectivity index (χ4n) is 2.52. The van der Waals surface area contributed by atoms with E-state index in [4.69, 9.17) is 4.43 Å². The first-order valence-corrected chi connectivity index (χ1v) is 8.45. The zero-order valence-electron chi connectivity index (χ0n) is 12.5. The monoisotopic (exact) mass is 311 g/mol. The number of benzene rings is 2. The fourth-order valence-corrected chi connectivity index (χ4v) is 3.12. The minimum atomic E-state index is -0.00136. The lowest BCUT2D eigenvalue weighted by molar-refractivity contribution is 0.0887. The number of carbonyl (C=O) groups is 1. The standard InChI is InChI=1S/C16H17N3O2Si/c1-21-22-11-5-4-8-15(20)19-14-10-9-12-6-2-3-7-13(12)16(14)17-18-19/h2-3,6-7,9-10H,4-5,8,11H2,1H3. The normalized spacial score (nSPS) is 11.3. The predicted octanol–water partition coefficient (Wildman–Crippen LogP) is 3.08. The van der Waals surface area contributed by atoms with Crippen LogP contribution >= 0.6 is 0 Å². The molecule has 1 aromatic heterocycles. The van der Waals surface area contributed by atoms with Gasteiger partial charge in [-0.1, -0.05) is 42.0 Å². The van der Waals surface area contributed by atoms with Gasteiger partial charge in [-0.05, 0) is 23.9 Å². The topological polar surface area (TPSA) is 57.0 Å². The molecule has 0 N–H and O–H groups in total. The molecule has 0 saturated heterocycles. The fraction of sp³-hybridized carbons (Fsp3) is 0.312. The Hall–Kier alpha value is -2.05. The highest BCUT2D eigenvalue weighted by Gasteiger charge is 2.13. The second-order valence-electron chi connectivity index (χ2n) is 5.10. The first-order valence-electron chi connectivity index (χ1n) is 7.33. The van der Waals surface area contributed by atoms with Gasteiger partial charge in [0.1, 0.15) is 5.52 Å². The van der Waals surface area contributed by atoms with Crippen molar-refractivity contribution in [1.29, 1.82) is 0 Å². The van der Waals surface area contributed by atoms with Gasteiger partial charge in [0.2, 0.25) is 15.7 Å². The summed E-state index contributed by atoms with van der Waals surface area (Å²) < 4.78 is 6.47. The number of rotatable bonds is 6. The minimum Gasteiger partial charge on any atom is -0.421 e. The molecule has 0 amide bonds. The molecule has 0 saturated carbocycles. The van der Waals surface area contributed by atoms with Crippen molar-refractivity contribution in [2.75, 3.05) is 7.11 Å². The van der Waals surface area contributed by atoms with Gasteiger partial charge in [-0.3, -0.25) is 4.79 Å². The highest BCUT2D eigenvalue weighted by molar-refractivity contribution is 6.26. The Balaban J connectivity index is 1.79. The number of hydrogen-bond acceptors (Lipinski definition) is 4. The third-order valence-corrected chi connectivity index (χ3v) is 4.49. The van der Waals surface area contributed by atoms with E-state index in [0.717, 1.165) is 40.7 Å². The number of hydrogen-bond donors (Lipinski definition) is 0. The van der Waals surface area contributed by atoms with Gasteiger partial charge >= 0.3 is 0 Å². The molecule has 0 aliphatic carbocycles. The summed E-state index contributed by atoms with van der Waals surface area (Å²) in [5.74, 6) is -0.00136. The van der Waals surface area contributed by atoms with Crippen molar-refractivity contribution >= 4 is 37.5 Å². The first-order chi connectivity index (χ1) is 10.8. The van der Waals surface area contributed by atoms with Crippen molar-refractivity contribution in [2.24, 2.45) is 0 Å². The van der Waals surface area contributed by atoms with Crippen molar-refractivity contribution in [3.8, 4) is 0 Å². The van der Waals surface area contributed by atoms with Gasteiger partial charge < -0.3 is 4.43 Å². The molecule has 0 unspecified atom stereocenters. The maximum absolute atomic E-state index is 12.3. The molecule has 1 heterocycles. The van der Waals surface area contributed by atoms with Crippen LogP contribution in [-0.2, 0) is 4.43 Å². The lowest BCUT2D eigenvalue weighted by atomic mass is 10.1. The predicted molar refractivity (Wildman–Crippen MR) is 87.1 cm³/mol. The van der Waals surface area contributed by atoms with Crippen LogP contribution in [0.15, 0.2) is 36.4 Å². The first kappa shape index (κ1) is 14.9. The highest BCUT2D eigenvalue weighted by Crippen LogP contribution is 2.23. The number of fused-ring (bicyclic) bond motifs is 3. The Kier molecular flexibility index (Phi) is 4.60. The lowest BCUT2D eigenvalue weighted by Gasteiger charge is -2.02. The largest absolute Gasteiger partial charge is 0.421 e. The van der Waals surface area contributed by atoms with Crippen LogP contribution in [0.25, 0.3) is 21.8 Å². The Morgan fingerprint density at radius 2 is 2.09 bits per heavy atom. The van der Waals surface area contributed by atoms with Crippen LogP contribution in [-0.4, -0.2) is 37.8 Å². The smallest absolute Gasteiger partial charge is 0.248 e. The number of carbonyl (C=O) groups excluding carboxylic acids is 1. The van der Waals surface area contributed by atoms with E-state index >= 15 is 0 Å². The van der Waals surface area contributed by atoms with Crippen LogP contribution in [0.4, 0.5) is 0 Å². The Labute approximate surface area is 131 Å². The lowest BCUT2D eigenvalue weighted by Crippen LogP contribution is -2.12. The zero-order chi connectivity index (χ0) is 15.4. The van der Waals surface area contributed by atoms with Gasteiger partial charge in [0, 0.05) is 18.9 Å². The zero-order valence-corrected chi connectivity index (χ0v) is 13.5. The molecule has 2 aromatic carbocycles. The maximum Gasteiger partial charge on any atom is 0.248 e. The van der Waals surface area contributed by atoms with E-state index < -0.39 is 0 Å². The molecule has 22 heavy (non-hydrogen) atoms. The molecule has 0 aliphatic rings. The van der Waals surface area contributed by atoms with E-state index in [0.29, 0.717) is 16.2 Å². The summed E-state index contributed by atoms with van der Waals surface area (Å²) in [6.07, 6.45) is 2.33. The number of unbranched alkanes of at least 4 members (excludes halogenated alkanes) is 1. The summed E-state index contributed by atoms with van der Waals surface area (Å²) in [4.78, 5) is 12.3. The van der Waals surface area contributed by atoms with Crippen molar-refractivity contribution in [2.45, 2.75) is 25.3 Å². The van der Waals surface area contributed by atoms with Gasteiger partial charge in [-0.15, -0.1) is 5.10 Å². The molecular formula is C16H17N3O2Si. The summed E-state index contributed by atoms with van der Waals surface area (Å²) >= 11 is 0. The van der Waals surface area contributed by atoms with Gasteiger partial charge in [0.05, 0.1) is 5.52 Å². The van der Waals surface area contributed by atoms with Gasteiger partial charge in [-0.25, -0.2) is 0 Å². The molecule has 6 heteroatoms. The SMILES string of the molecule is CO[Si]CCCCC(=O)n1nnc2c3ccccc3ccc21. The molecular weight excluding hydrogens is 294 g/mol. The third kappa shape index (κ3) is 2.93. The molecule has 0 fully saturated rings. The van der Waals surface area contributed by atoms with Crippen LogP contribution in [0.5, 0.6) is 0 Å². The van der Waals surface area contributed by atoms with Crippen LogP contribution in [0.2, 0.25) is 6.04 Å². The summed E-state index contributed by atoms with van der Waals surface area (Å²) in [5.41, 5.74) is 1.56. The van der Waals surface area contributed by atoms with E-state index in [1.54, 1.807) is 7.11 Å². The van der Waals surface area contributed by atoms with Crippen molar-refractivity contribution in [3.05, 3.63) is 36.4 Å². The highest BCUT2D eigenvalue weighted by atomic mass is 28.2. The maximum atomic E-state index is 12.3. The molecule has 112 valence electrons. The second kappa shape index (κ2) is 6.80. The molecule has 3 aromatic rings. The molecule has 3 rings (SSSR count). The minimum absolute atomic E-state index is 0.00136.